The molecular formula is C16H24N4O3S. The fourth-order valence-corrected chi connectivity index (χ4v) is 3.57. The number of nitrogens with zero attached hydrogens (tertiary/aromatic N) is 2. The molecule has 1 saturated carbocycles. The summed E-state index contributed by atoms with van der Waals surface area (Å²) in [6, 6.07) is 2.67. The first-order valence-electron chi connectivity index (χ1n) is 8.40. The first kappa shape index (κ1) is 17.3. The van der Waals surface area contributed by atoms with Crippen molar-refractivity contribution in [3.05, 3.63) is 11.8 Å². The summed E-state index contributed by atoms with van der Waals surface area (Å²) >= 11 is 1.33. The third kappa shape index (κ3) is 4.73. The van der Waals surface area contributed by atoms with Crippen molar-refractivity contribution in [1.82, 2.24) is 15.4 Å². The number of aryl methyl sites for hydroxylation is 1. The van der Waals surface area contributed by atoms with Crippen molar-refractivity contribution in [1.29, 1.82) is 0 Å². The summed E-state index contributed by atoms with van der Waals surface area (Å²) in [5.41, 5.74) is 0. The van der Waals surface area contributed by atoms with Crippen molar-refractivity contribution < 1.29 is 14.1 Å². The summed E-state index contributed by atoms with van der Waals surface area (Å²) in [5.74, 6) is 1.15. The molecule has 0 radical (unpaired) electrons. The molecule has 132 valence electrons. The van der Waals surface area contributed by atoms with Gasteiger partial charge in [-0.15, -0.1) is 11.8 Å². The fraction of sp³-hybridized carbons (Fsp3) is 0.688. The van der Waals surface area contributed by atoms with Gasteiger partial charge in [-0.2, -0.15) is 0 Å². The summed E-state index contributed by atoms with van der Waals surface area (Å²) in [4.78, 5) is 26.6. The molecule has 2 N–H and O–H groups in total. The van der Waals surface area contributed by atoms with Crippen molar-refractivity contribution in [3.63, 3.8) is 0 Å². The molecule has 3 rings (SSSR count). The SMILES string of the molecule is Cc1cc(NC(=O)C(C)SCC(=O)NC2CCN(C3CC3)C2)no1. The molecule has 0 bridgehead atoms. The van der Waals surface area contributed by atoms with Crippen LogP contribution in [0, 0.1) is 6.92 Å². The Morgan fingerprint density at radius 1 is 1.46 bits per heavy atom. The third-order valence-corrected chi connectivity index (χ3v) is 5.50. The highest BCUT2D eigenvalue weighted by Crippen LogP contribution is 2.29. The molecule has 1 aliphatic heterocycles. The molecule has 7 nitrogen and oxygen atoms in total. The van der Waals surface area contributed by atoms with Gasteiger partial charge in [0.05, 0.1) is 11.0 Å². The van der Waals surface area contributed by atoms with E-state index in [4.69, 9.17) is 4.52 Å². The largest absolute Gasteiger partial charge is 0.360 e. The molecule has 1 aromatic heterocycles. The molecular weight excluding hydrogens is 328 g/mol. The van der Waals surface area contributed by atoms with Crippen molar-refractivity contribution in [2.24, 2.45) is 0 Å². The quantitative estimate of drug-likeness (QED) is 0.771. The van der Waals surface area contributed by atoms with Crippen LogP contribution in [0.1, 0.15) is 31.9 Å². The predicted octanol–water partition coefficient (Wildman–Crippen LogP) is 1.40. The van der Waals surface area contributed by atoms with E-state index in [1.165, 1.54) is 24.6 Å². The van der Waals surface area contributed by atoms with Crippen molar-refractivity contribution in [3.8, 4) is 0 Å². The molecule has 2 amide bonds. The molecule has 1 aromatic rings. The molecule has 1 aliphatic carbocycles. The van der Waals surface area contributed by atoms with Crippen LogP contribution in [0.3, 0.4) is 0 Å². The molecule has 8 heteroatoms. The van der Waals surface area contributed by atoms with E-state index >= 15 is 0 Å². The number of likely N-dealkylation sites (tertiary alicyclic amines) is 1. The molecule has 24 heavy (non-hydrogen) atoms. The van der Waals surface area contributed by atoms with Gasteiger partial charge >= 0.3 is 0 Å². The Bertz CT molecular complexity index is 602. The van der Waals surface area contributed by atoms with Crippen LogP contribution in [0.15, 0.2) is 10.6 Å². The van der Waals surface area contributed by atoms with Crippen LogP contribution >= 0.6 is 11.8 Å². The Kier molecular flexibility index (Phi) is 5.45. The van der Waals surface area contributed by atoms with Gasteiger partial charge in [-0.05, 0) is 33.1 Å². The number of thioether (sulfide) groups is 1. The molecule has 2 fully saturated rings. The van der Waals surface area contributed by atoms with E-state index in [1.54, 1.807) is 19.9 Å². The number of carbonyl (C=O) groups excluding carboxylic acids is 2. The van der Waals surface area contributed by atoms with Crippen LogP contribution in [-0.2, 0) is 9.59 Å². The smallest absolute Gasteiger partial charge is 0.238 e. The lowest BCUT2D eigenvalue weighted by molar-refractivity contribution is -0.119. The number of rotatable bonds is 7. The zero-order chi connectivity index (χ0) is 17.1. The van der Waals surface area contributed by atoms with Gasteiger partial charge in [0.25, 0.3) is 0 Å². The van der Waals surface area contributed by atoms with E-state index in [2.05, 4.69) is 20.7 Å². The Labute approximate surface area is 145 Å². The van der Waals surface area contributed by atoms with Crippen LogP contribution in [0.2, 0.25) is 0 Å². The van der Waals surface area contributed by atoms with E-state index in [9.17, 15) is 9.59 Å². The van der Waals surface area contributed by atoms with E-state index in [1.807, 2.05) is 0 Å². The van der Waals surface area contributed by atoms with Crippen molar-refractivity contribution in [2.75, 3.05) is 24.2 Å². The number of hydrogen-bond acceptors (Lipinski definition) is 6. The number of hydrogen-bond donors (Lipinski definition) is 2. The highest BCUT2D eigenvalue weighted by atomic mass is 32.2. The van der Waals surface area contributed by atoms with Crippen LogP contribution in [0.4, 0.5) is 5.82 Å². The number of aromatic nitrogens is 1. The number of anilines is 1. The Morgan fingerprint density at radius 3 is 2.92 bits per heavy atom. The van der Waals surface area contributed by atoms with Crippen LogP contribution in [0.25, 0.3) is 0 Å². The molecule has 2 unspecified atom stereocenters. The van der Waals surface area contributed by atoms with Crippen LogP contribution in [-0.4, -0.2) is 58.0 Å². The maximum atomic E-state index is 12.1. The Balaban J connectivity index is 1.35. The highest BCUT2D eigenvalue weighted by Gasteiger charge is 2.34. The second-order valence-corrected chi connectivity index (χ2v) is 7.87. The van der Waals surface area contributed by atoms with E-state index < -0.39 is 0 Å². The summed E-state index contributed by atoms with van der Waals surface area (Å²) in [7, 11) is 0. The van der Waals surface area contributed by atoms with Crippen molar-refractivity contribution >= 4 is 29.4 Å². The third-order valence-electron chi connectivity index (χ3n) is 4.36. The first-order valence-corrected chi connectivity index (χ1v) is 9.45. The van der Waals surface area contributed by atoms with Gasteiger partial charge in [0.1, 0.15) is 5.76 Å². The molecule has 1 saturated heterocycles. The topological polar surface area (TPSA) is 87.5 Å². The minimum absolute atomic E-state index is 0.000391. The lowest BCUT2D eigenvalue weighted by Gasteiger charge is -2.16. The molecule has 0 spiro atoms. The van der Waals surface area contributed by atoms with Gasteiger partial charge in [0.2, 0.25) is 11.8 Å². The fourth-order valence-electron chi connectivity index (χ4n) is 2.88. The van der Waals surface area contributed by atoms with Gasteiger partial charge in [-0.3, -0.25) is 14.5 Å². The van der Waals surface area contributed by atoms with Crippen LogP contribution < -0.4 is 10.6 Å². The van der Waals surface area contributed by atoms with Gasteiger partial charge in [-0.25, -0.2) is 0 Å². The standard InChI is InChI=1S/C16H24N4O3S/c1-10-7-14(19-23-10)18-16(22)11(2)24-9-15(21)17-12-5-6-20(8-12)13-3-4-13/h7,11-13H,3-6,8-9H2,1-2H3,(H,17,21)(H,18,19,22). The maximum absolute atomic E-state index is 12.1. The zero-order valence-corrected chi connectivity index (χ0v) is 14.9. The number of amides is 2. The average Bonchev–Trinajstić information content (AvgIpc) is 3.17. The first-order chi connectivity index (χ1) is 11.5. The van der Waals surface area contributed by atoms with E-state index in [0.29, 0.717) is 11.6 Å². The van der Waals surface area contributed by atoms with Gasteiger partial charge in [-0.1, -0.05) is 5.16 Å². The van der Waals surface area contributed by atoms with Crippen molar-refractivity contribution in [2.45, 2.75) is 50.4 Å². The summed E-state index contributed by atoms with van der Waals surface area (Å²) in [5, 5.41) is 9.15. The highest BCUT2D eigenvalue weighted by molar-refractivity contribution is 8.01. The van der Waals surface area contributed by atoms with Gasteiger partial charge < -0.3 is 15.2 Å². The lowest BCUT2D eigenvalue weighted by atomic mass is 10.2. The summed E-state index contributed by atoms with van der Waals surface area (Å²) in [6.07, 6.45) is 3.62. The van der Waals surface area contributed by atoms with E-state index in [-0.39, 0.29) is 28.9 Å². The minimum atomic E-state index is -0.334. The minimum Gasteiger partial charge on any atom is -0.360 e. The second-order valence-electron chi connectivity index (χ2n) is 6.54. The zero-order valence-electron chi connectivity index (χ0n) is 14.1. The van der Waals surface area contributed by atoms with Gasteiger partial charge in [0.15, 0.2) is 5.82 Å². The molecule has 2 atom stereocenters. The average molecular weight is 352 g/mol. The molecule has 0 aromatic carbocycles. The Hall–Kier alpha value is -1.54. The number of carbonyl (C=O) groups is 2. The lowest BCUT2D eigenvalue weighted by Crippen LogP contribution is -2.39. The second kappa shape index (κ2) is 7.57. The summed E-state index contributed by atoms with van der Waals surface area (Å²) < 4.78 is 4.91. The monoisotopic (exact) mass is 352 g/mol. The molecule has 2 heterocycles. The predicted molar refractivity (Wildman–Crippen MR) is 92.9 cm³/mol. The van der Waals surface area contributed by atoms with Gasteiger partial charge in [0, 0.05) is 31.2 Å². The van der Waals surface area contributed by atoms with Crippen LogP contribution in [0.5, 0.6) is 0 Å². The molecule has 2 aliphatic rings. The Morgan fingerprint density at radius 2 is 2.25 bits per heavy atom. The summed E-state index contributed by atoms with van der Waals surface area (Å²) in [6.45, 7) is 5.59. The number of nitrogens with one attached hydrogen (secondary N) is 2. The maximum Gasteiger partial charge on any atom is 0.238 e. The van der Waals surface area contributed by atoms with E-state index in [0.717, 1.165) is 25.6 Å². The normalized spacial score (nSPS) is 22.3.